The number of fused-ring (bicyclic) bond motifs is 1. The number of carbonyl (C=O) groups is 1. The van der Waals surface area contributed by atoms with Crippen molar-refractivity contribution in [3.63, 3.8) is 0 Å². The molecule has 2 heterocycles. The van der Waals surface area contributed by atoms with Gasteiger partial charge in [0.1, 0.15) is 12.4 Å². The molecule has 49 heavy (non-hydrogen) atoms. The van der Waals surface area contributed by atoms with E-state index in [2.05, 4.69) is 50.9 Å². The summed E-state index contributed by atoms with van der Waals surface area (Å²) in [5.41, 5.74) is 4.53. The van der Waals surface area contributed by atoms with Crippen molar-refractivity contribution in [3.8, 4) is 23.1 Å². The molecule has 0 aliphatic heterocycles. The van der Waals surface area contributed by atoms with Crippen molar-refractivity contribution in [2.45, 2.75) is 58.1 Å². The van der Waals surface area contributed by atoms with E-state index in [0.717, 1.165) is 38.3 Å². The first-order valence-electron chi connectivity index (χ1n) is 16.5. The van der Waals surface area contributed by atoms with Gasteiger partial charge < -0.3 is 18.5 Å². The molecule has 2 aromatic heterocycles. The van der Waals surface area contributed by atoms with Crippen LogP contribution in [0.15, 0.2) is 109 Å². The van der Waals surface area contributed by atoms with Crippen LogP contribution in [-0.4, -0.2) is 42.7 Å². The summed E-state index contributed by atoms with van der Waals surface area (Å²) in [5, 5.41) is 11.5. The number of halogens is 1. The molecule has 0 saturated carbocycles. The molecule has 2 unspecified atom stereocenters. The predicted octanol–water partition coefficient (Wildman–Crippen LogP) is 8.13. The summed E-state index contributed by atoms with van der Waals surface area (Å²) in [5.74, 6) is 5.13. The lowest BCUT2D eigenvalue weighted by atomic mass is 9.97. The smallest absolute Gasteiger partial charge is 0.305 e. The second-order valence-electron chi connectivity index (χ2n) is 13.4. The Morgan fingerprint density at radius 2 is 1.51 bits per heavy atom. The molecule has 0 radical (unpaired) electrons. The lowest BCUT2D eigenvalue weighted by Gasteiger charge is -2.45. The van der Waals surface area contributed by atoms with Crippen LogP contribution in [0.3, 0.4) is 0 Å². The summed E-state index contributed by atoms with van der Waals surface area (Å²) in [7, 11) is -5.85. The first-order valence-corrected chi connectivity index (χ1v) is 19.9. The number of hydrogen-bond donors (Lipinski definition) is 1. The molecule has 0 aliphatic rings. The average molecular weight is 696 g/mol. The largest absolute Gasteiger partial charge is 0.481 e. The van der Waals surface area contributed by atoms with Crippen molar-refractivity contribution in [3.05, 3.63) is 126 Å². The molecule has 0 spiro atoms. The third-order valence-electron chi connectivity index (χ3n) is 8.65. The lowest BCUT2D eigenvalue weighted by molar-refractivity contribution is -0.138. The second kappa shape index (κ2) is 15.5. The molecule has 254 valence electrons. The number of benzene rings is 3. The number of carboxylic acid groups (broad SMARTS) is 1. The van der Waals surface area contributed by atoms with Crippen molar-refractivity contribution in [2.24, 2.45) is 0 Å². The Bertz CT molecular complexity index is 1940. The van der Waals surface area contributed by atoms with E-state index >= 15 is 0 Å². The Hall–Kier alpha value is -4.25. The normalized spacial score (nSPS) is 13.2. The molecule has 5 rings (SSSR count). The standard InChI is InChI=1S/C40H43FNO5PSi/c1-29(2)38-35(39(30-21-23-31(41)24-22-30)42-25-13-12-20-36(38)42)19-14-26-46-48(45)28-32(27-37(43)44)47-49(40(3,4)5,33-15-8-6-9-16-33)34-17-10-7-11-18-34/h6-13,15-18,20-25,29,32,48H,26-28H2,1-5H3,(H,43,44). The van der Waals surface area contributed by atoms with E-state index in [0.29, 0.717) is 0 Å². The molecular weight excluding hydrogens is 653 g/mol. The number of aliphatic carboxylic acids is 1. The maximum Gasteiger partial charge on any atom is 0.305 e. The van der Waals surface area contributed by atoms with Gasteiger partial charge >= 0.3 is 5.97 Å². The molecule has 0 bridgehead atoms. The molecule has 0 amide bonds. The number of nitrogens with zero attached hydrogens (tertiary/aromatic N) is 1. The Morgan fingerprint density at radius 1 is 0.918 bits per heavy atom. The molecule has 0 fully saturated rings. The number of rotatable bonds is 12. The van der Waals surface area contributed by atoms with E-state index in [9.17, 15) is 18.9 Å². The fourth-order valence-electron chi connectivity index (χ4n) is 6.61. The van der Waals surface area contributed by atoms with Crippen LogP contribution in [-0.2, 0) is 18.3 Å². The Kier molecular flexibility index (Phi) is 11.4. The molecule has 0 aliphatic carbocycles. The van der Waals surface area contributed by atoms with Crippen LogP contribution in [0.25, 0.3) is 16.8 Å². The maximum atomic E-state index is 13.8. The van der Waals surface area contributed by atoms with E-state index in [1.807, 2.05) is 85.1 Å². The van der Waals surface area contributed by atoms with Crippen LogP contribution in [0.1, 0.15) is 58.1 Å². The van der Waals surface area contributed by atoms with Crippen LogP contribution < -0.4 is 10.4 Å². The van der Waals surface area contributed by atoms with Gasteiger partial charge in [-0.25, -0.2) is 4.39 Å². The van der Waals surface area contributed by atoms with Gasteiger partial charge in [-0.2, -0.15) is 0 Å². The highest BCUT2D eigenvalue weighted by molar-refractivity contribution is 7.39. The summed E-state index contributed by atoms with van der Waals surface area (Å²) in [6.45, 7) is 10.4. The first kappa shape index (κ1) is 36.0. The SMILES string of the molecule is CC(C)c1c(C#CCO[PH](=O)CC(CC(=O)O)O[Si](c2ccccc2)(c2ccccc2)C(C)(C)C)c(-c2ccc(F)cc2)n2ccccc12. The molecular formula is C40H43FNO5PSi. The molecule has 5 aromatic rings. The van der Waals surface area contributed by atoms with Crippen LogP contribution in [0, 0.1) is 17.7 Å². The number of pyridine rings is 1. The molecule has 1 N–H and O–H groups in total. The van der Waals surface area contributed by atoms with Gasteiger partial charge in [-0.05, 0) is 68.9 Å². The van der Waals surface area contributed by atoms with E-state index in [4.69, 9.17) is 8.95 Å². The molecule has 6 nitrogen and oxygen atoms in total. The third-order valence-corrected chi connectivity index (χ3v) is 15.0. The minimum atomic E-state index is -3.10. The third kappa shape index (κ3) is 7.98. The monoisotopic (exact) mass is 695 g/mol. The highest BCUT2D eigenvalue weighted by Gasteiger charge is 2.51. The average Bonchev–Trinajstić information content (AvgIpc) is 3.40. The lowest BCUT2D eigenvalue weighted by Crippen LogP contribution is -2.68. The van der Waals surface area contributed by atoms with Crippen LogP contribution in [0.2, 0.25) is 5.04 Å². The zero-order chi connectivity index (χ0) is 35.2. The second-order valence-corrected chi connectivity index (χ2v) is 19.1. The van der Waals surface area contributed by atoms with E-state index in [1.54, 1.807) is 12.1 Å². The summed E-state index contributed by atoms with van der Waals surface area (Å²) in [6, 6.07) is 32.2. The van der Waals surface area contributed by atoms with Gasteiger partial charge in [0.05, 0.1) is 29.3 Å². The highest BCUT2D eigenvalue weighted by Crippen LogP contribution is 2.39. The topological polar surface area (TPSA) is 77.2 Å². The number of hydrogen-bond acceptors (Lipinski definition) is 4. The summed E-state index contributed by atoms with van der Waals surface area (Å²) in [4.78, 5) is 12.1. The predicted molar refractivity (Wildman–Crippen MR) is 198 cm³/mol. The van der Waals surface area contributed by atoms with Crippen molar-refractivity contribution >= 4 is 38.2 Å². The number of aromatic nitrogens is 1. The Morgan fingerprint density at radius 3 is 2.06 bits per heavy atom. The van der Waals surface area contributed by atoms with Crippen LogP contribution in [0.5, 0.6) is 0 Å². The van der Waals surface area contributed by atoms with Gasteiger partial charge in [0.15, 0.2) is 8.03 Å². The Labute approximate surface area is 289 Å². The van der Waals surface area contributed by atoms with Gasteiger partial charge in [0.2, 0.25) is 0 Å². The number of carboxylic acids is 1. The van der Waals surface area contributed by atoms with E-state index < -0.39 is 28.4 Å². The summed E-state index contributed by atoms with van der Waals surface area (Å²) >= 11 is 0. The first-order chi connectivity index (χ1) is 23.4. The maximum absolute atomic E-state index is 13.8. The van der Waals surface area contributed by atoms with Crippen molar-refractivity contribution in [1.82, 2.24) is 4.40 Å². The molecule has 9 heteroatoms. The van der Waals surface area contributed by atoms with Crippen LogP contribution >= 0.6 is 8.03 Å². The van der Waals surface area contributed by atoms with E-state index in [1.165, 1.54) is 12.1 Å². The van der Waals surface area contributed by atoms with Gasteiger partial charge in [0, 0.05) is 12.4 Å². The van der Waals surface area contributed by atoms with Crippen molar-refractivity contribution in [1.29, 1.82) is 0 Å². The fourth-order valence-corrected chi connectivity index (χ4v) is 12.4. The fraction of sp³-hybridized carbons (Fsp3) is 0.275. The zero-order valence-electron chi connectivity index (χ0n) is 28.6. The van der Waals surface area contributed by atoms with Crippen LogP contribution in [0.4, 0.5) is 4.39 Å². The van der Waals surface area contributed by atoms with Crippen molar-refractivity contribution in [2.75, 3.05) is 12.8 Å². The van der Waals surface area contributed by atoms with Crippen molar-refractivity contribution < 1.29 is 27.8 Å². The zero-order valence-corrected chi connectivity index (χ0v) is 30.6. The van der Waals surface area contributed by atoms with Gasteiger partial charge in [-0.15, -0.1) is 0 Å². The van der Waals surface area contributed by atoms with Gasteiger partial charge in [0.25, 0.3) is 8.32 Å². The van der Waals surface area contributed by atoms with Gasteiger partial charge in [-0.3, -0.25) is 9.36 Å². The molecule has 0 saturated heterocycles. The summed E-state index contributed by atoms with van der Waals surface area (Å²) < 4.78 is 42.2. The molecule has 2 atom stereocenters. The molecule has 3 aromatic carbocycles. The summed E-state index contributed by atoms with van der Waals surface area (Å²) in [6.07, 6.45) is 0.746. The minimum Gasteiger partial charge on any atom is -0.481 e. The Balaban J connectivity index is 1.43. The van der Waals surface area contributed by atoms with E-state index in [-0.39, 0.29) is 36.0 Å². The minimum absolute atomic E-state index is 0.0582. The quantitative estimate of drug-likeness (QED) is 0.0811. The highest BCUT2D eigenvalue weighted by atomic mass is 31.1. The van der Waals surface area contributed by atoms with Gasteiger partial charge in [-0.1, -0.05) is 113 Å².